The quantitative estimate of drug-likeness (QED) is 0.416. The van der Waals surface area contributed by atoms with Gasteiger partial charge in [0, 0.05) is 10.5 Å². The lowest BCUT2D eigenvalue weighted by Crippen LogP contribution is -2.30. The van der Waals surface area contributed by atoms with Gasteiger partial charge in [0.2, 0.25) is 0 Å². The maximum Gasteiger partial charge on any atom is 0.321 e. The molecule has 0 aliphatic rings. The third-order valence-electron chi connectivity index (χ3n) is 4.06. The van der Waals surface area contributed by atoms with Crippen molar-refractivity contribution in [2.75, 3.05) is 6.61 Å². The molecule has 3 aromatic rings. The number of nitrogens with zero attached hydrogens (tertiary/aromatic N) is 2. The van der Waals surface area contributed by atoms with E-state index >= 15 is 0 Å². The normalized spacial score (nSPS) is 11.4. The second-order valence-electron chi connectivity index (χ2n) is 6.54. The highest BCUT2D eigenvalue weighted by Crippen LogP contribution is 2.44. The Morgan fingerprint density at radius 3 is 2.59 bits per heavy atom. The number of fused-ring (bicyclic) bond motifs is 1. The van der Waals surface area contributed by atoms with Gasteiger partial charge in [-0.2, -0.15) is 5.26 Å². The Labute approximate surface area is 167 Å². The molecule has 0 bridgehead atoms. The van der Waals surface area contributed by atoms with Gasteiger partial charge in [0.05, 0.1) is 33.5 Å². The van der Waals surface area contributed by atoms with Crippen molar-refractivity contribution in [3.8, 4) is 17.2 Å². The van der Waals surface area contributed by atoms with Gasteiger partial charge in [0.1, 0.15) is 4.75 Å². The molecule has 138 valence electrons. The molecule has 6 heteroatoms. The van der Waals surface area contributed by atoms with Crippen LogP contribution in [0.5, 0.6) is 0 Å². The molecule has 0 unspecified atom stereocenters. The first kappa shape index (κ1) is 19.4. The van der Waals surface area contributed by atoms with Crippen molar-refractivity contribution < 1.29 is 9.53 Å². The van der Waals surface area contributed by atoms with Crippen LogP contribution in [-0.4, -0.2) is 22.3 Å². The van der Waals surface area contributed by atoms with Crippen LogP contribution in [0.3, 0.4) is 0 Å². The third-order valence-corrected chi connectivity index (χ3v) is 6.30. The summed E-state index contributed by atoms with van der Waals surface area (Å²) in [5, 5.41) is 10.1. The number of rotatable bonds is 5. The predicted molar refractivity (Wildman–Crippen MR) is 111 cm³/mol. The van der Waals surface area contributed by atoms with Crippen LogP contribution in [0.15, 0.2) is 41.3 Å². The van der Waals surface area contributed by atoms with Crippen LogP contribution in [-0.2, 0) is 9.53 Å². The summed E-state index contributed by atoms with van der Waals surface area (Å²) < 4.78 is 5.61. The SMILES string of the molecule is CCOC(=O)C(C)(C)Sc1ccc2nc(C)sc2c1-c1ccc(C#N)cc1. The van der Waals surface area contributed by atoms with Crippen LogP contribution in [0.1, 0.15) is 31.3 Å². The Bertz CT molecular complexity index is 1030. The van der Waals surface area contributed by atoms with Crippen molar-refractivity contribution in [1.82, 2.24) is 4.98 Å². The van der Waals surface area contributed by atoms with Crippen LogP contribution in [0.4, 0.5) is 0 Å². The van der Waals surface area contributed by atoms with Crippen molar-refractivity contribution in [3.05, 3.63) is 47.0 Å². The Hall–Kier alpha value is -2.36. The Morgan fingerprint density at radius 2 is 1.96 bits per heavy atom. The van der Waals surface area contributed by atoms with Crippen LogP contribution in [0.25, 0.3) is 21.3 Å². The van der Waals surface area contributed by atoms with Gasteiger partial charge >= 0.3 is 5.97 Å². The smallest absolute Gasteiger partial charge is 0.321 e. The van der Waals surface area contributed by atoms with Gasteiger partial charge in [-0.25, -0.2) is 4.98 Å². The first-order chi connectivity index (χ1) is 12.9. The highest BCUT2D eigenvalue weighted by Gasteiger charge is 2.32. The summed E-state index contributed by atoms with van der Waals surface area (Å²) in [6.45, 7) is 7.91. The highest BCUT2D eigenvalue weighted by molar-refractivity contribution is 8.01. The van der Waals surface area contributed by atoms with E-state index in [0.29, 0.717) is 12.2 Å². The summed E-state index contributed by atoms with van der Waals surface area (Å²) in [6.07, 6.45) is 0. The van der Waals surface area contributed by atoms with Crippen LogP contribution < -0.4 is 0 Å². The van der Waals surface area contributed by atoms with Gasteiger partial charge in [-0.15, -0.1) is 23.1 Å². The minimum atomic E-state index is -0.717. The maximum absolute atomic E-state index is 12.4. The summed E-state index contributed by atoms with van der Waals surface area (Å²) >= 11 is 3.13. The molecule has 27 heavy (non-hydrogen) atoms. The van der Waals surface area contributed by atoms with E-state index in [1.54, 1.807) is 11.3 Å². The second-order valence-corrected chi connectivity index (χ2v) is 9.41. The molecule has 4 nitrogen and oxygen atoms in total. The molecule has 2 aromatic carbocycles. The Kier molecular flexibility index (Phi) is 5.54. The molecule has 0 amide bonds. The molecule has 0 fully saturated rings. The first-order valence-electron chi connectivity index (χ1n) is 8.62. The van der Waals surface area contributed by atoms with E-state index in [-0.39, 0.29) is 5.97 Å². The molecule has 0 aliphatic carbocycles. The van der Waals surface area contributed by atoms with Crippen molar-refractivity contribution in [2.45, 2.75) is 37.3 Å². The molecule has 0 saturated carbocycles. The lowest BCUT2D eigenvalue weighted by molar-refractivity contribution is -0.145. The largest absolute Gasteiger partial charge is 0.465 e. The monoisotopic (exact) mass is 396 g/mol. The average Bonchev–Trinajstić information content (AvgIpc) is 3.02. The summed E-state index contributed by atoms with van der Waals surface area (Å²) in [4.78, 5) is 18.0. The molecule has 0 aliphatic heterocycles. The van der Waals surface area contributed by atoms with E-state index in [2.05, 4.69) is 11.1 Å². The van der Waals surface area contributed by atoms with E-state index < -0.39 is 4.75 Å². The highest BCUT2D eigenvalue weighted by atomic mass is 32.2. The Morgan fingerprint density at radius 1 is 1.26 bits per heavy atom. The van der Waals surface area contributed by atoms with Crippen LogP contribution >= 0.6 is 23.1 Å². The van der Waals surface area contributed by atoms with Gasteiger partial charge in [-0.05, 0) is 57.5 Å². The van der Waals surface area contributed by atoms with Crippen LogP contribution in [0.2, 0.25) is 0 Å². The second kappa shape index (κ2) is 7.71. The van der Waals surface area contributed by atoms with E-state index in [0.717, 1.165) is 31.2 Å². The number of aryl methyl sites for hydroxylation is 1. The summed E-state index contributed by atoms with van der Waals surface area (Å²) in [7, 11) is 0. The number of carbonyl (C=O) groups excluding carboxylic acids is 1. The number of hydrogen-bond acceptors (Lipinski definition) is 6. The molecule has 0 radical (unpaired) electrons. The van der Waals surface area contributed by atoms with Crippen molar-refractivity contribution in [1.29, 1.82) is 5.26 Å². The summed E-state index contributed by atoms with van der Waals surface area (Å²) in [5.41, 5.74) is 3.61. The van der Waals surface area contributed by atoms with Crippen molar-refractivity contribution >= 4 is 39.3 Å². The predicted octanol–water partition coefficient (Wildman–Crippen LogP) is 5.58. The number of thiazole rings is 1. The van der Waals surface area contributed by atoms with E-state index in [4.69, 9.17) is 10.00 Å². The Balaban J connectivity index is 2.15. The van der Waals surface area contributed by atoms with Gasteiger partial charge < -0.3 is 4.74 Å². The van der Waals surface area contributed by atoms with Gasteiger partial charge in [0.25, 0.3) is 0 Å². The lowest BCUT2D eigenvalue weighted by atomic mass is 10.0. The summed E-state index contributed by atoms with van der Waals surface area (Å²) in [5.74, 6) is -0.235. The molecular formula is C21H20N2O2S2. The standard InChI is InChI=1S/C21H20N2O2S2/c1-5-25-20(24)21(3,4)27-17-11-10-16-19(26-13(2)23-16)18(17)15-8-6-14(12-22)7-9-15/h6-11H,5H2,1-4H3. The molecule has 0 N–H and O–H groups in total. The zero-order valence-corrected chi connectivity index (χ0v) is 17.3. The minimum Gasteiger partial charge on any atom is -0.465 e. The number of esters is 1. The number of carbonyl (C=O) groups is 1. The zero-order chi connectivity index (χ0) is 19.6. The number of nitriles is 1. The average molecular weight is 397 g/mol. The third kappa shape index (κ3) is 4.00. The number of benzene rings is 2. The molecule has 1 heterocycles. The van der Waals surface area contributed by atoms with Crippen LogP contribution in [0, 0.1) is 18.3 Å². The number of hydrogen-bond donors (Lipinski definition) is 0. The fourth-order valence-corrected chi connectivity index (χ4v) is 4.98. The molecular weight excluding hydrogens is 376 g/mol. The van der Waals surface area contributed by atoms with Crippen molar-refractivity contribution in [3.63, 3.8) is 0 Å². The summed E-state index contributed by atoms with van der Waals surface area (Å²) in [6, 6.07) is 13.7. The van der Waals surface area contributed by atoms with Crippen molar-refractivity contribution in [2.24, 2.45) is 0 Å². The molecule has 3 rings (SSSR count). The topological polar surface area (TPSA) is 63.0 Å². The fourth-order valence-electron chi connectivity index (χ4n) is 2.78. The van der Waals surface area contributed by atoms with Gasteiger partial charge in [-0.3, -0.25) is 4.79 Å². The fraction of sp³-hybridized carbons (Fsp3) is 0.286. The molecule has 1 aromatic heterocycles. The van der Waals surface area contributed by atoms with E-state index in [1.807, 2.05) is 64.1 Å². The molecule has 0 spiro atoms. The number of ether oxygens (including phenoxy) is 1. The van der Waals surface area contributed by atoms with Gasteiger partial charge in [0.15, 0.2) is 0 Å². The number of thioether (sulfide) groups is 1. The number of aromatic nitrogens is 1. The minimum absolute atomic E-state index is 0.235. The molecule has 0 saturated heterocycles. The zero-order valence-electron chi connectivity index (χ0n) is 15.7. The maximum atomic E-state index is 12.4. The molecule has 0 atom stereocenters. The van der Waals surface area contributed by atoms with E-state index in [1.165, 1.54) is 11.8 Å². The first-order valence-corrected chi connectivity index (χ1v) is 10.3. The van der Waals surface area contributed by atoms with Gasteiger partial charge in [-0.1, -0.05) is 12.1 Å². The lowest BCUT2D eigenvalue weighted by Gasteiger charge is -2.23. The van der Waals surface area contributed by atoms with E-state index in [9.17, 15) is 4.79 Å².